The molecule has 2 aromatic rings. The number of rotatable bonds is 9. The van der Waals surface area contributed by atoms with E-state index in [1.807, 2.05) is 0 Å². The van der Waals surface area contributed by atoms with Gasteiger partial charge in [0.1, 0.15) is 0 Å². The third-order valence-electron chi connectivity index (χ3n) is 3.08. The van der Waals surface area contributed by atoms with Gasteiger partial charge in [0.25, 0.3) is 20.2 Å². The molecular weight excluding hydrogens is 352 g/mol. The first kappa shape index (κ1) is 18.6. The van der Waals surface area contributed by atoms with Crippen molar-refractivity contribution in [3.8, 4) is 0 Å². The van der Waals surface area contributed by atoms with Crippen molar-refractivity contribution in [2.45, 2.75) is 22.6 Å². The minimum atomic E-state index is -3.78. The van der Waals surface area contributed by atoms with Crippen molar-refractivity contribution in [3.05, 3.63) is 60.7 Å². The van der Waals surface area contributed by atoms with E-state index in [2.05, 4.69) is 0 Å². The lowest BCUT2D eigenvalue weighted by Crippen LogP contribution is -2.10. The molecule has 0 aliphatic carbocycles. The predicted molar refractivity (Wildman–Crippen MR) is 88.4 cm³/mol. The Balaban J connectivity index is 1.72. The maximum Gasteiger partial charge on any atom is 0.296 e. The van der Waals surface area contributed by atoms with Crippen LogP contribution in [0.1, 0.15) is 12.8 Å². The van der Waals surface area contributed by atoms with Crippen LogP contribution in [0.2, 0.25) is 0 Å². The molecule has 6 nitrogen and oxygen atoms in total. The zero-order valence-corrected chi connectivity index (χ0v) is 14.5. The molecule has 2 rings (SSSR count). The molecule has 0 atom stereocenters. The van der Waals surface area contributed by atoms with E-state index in [-0.39, 0.29) is 23.0 Å². The van der Waals surface area contributed by atoms with Crippen LogP contribution in [0.4, 0.5) is 0 Å². The van der Waals surface area contributed by atoms with E-state index < -0.39 is 20.2 Å². The molecule has 0 saturated carbocycles. The van der Waals surface area contributed by atoms with Gasteiger partial charge in [0.15, 0.2) is 0 Å². The van der Waals surface area contributed by atoms with Crippen LogP contribution in [-0.4, -0.2) is 30.0 Å². The van der Waals surface area contributed by atoms with E-state index in [9.17, 15) is 16.8 Å². The molecule has 0 aliphatic rings. The highest BCUT2D eigenvalue weighted by Crippen LogP contribution is 2.13. The molecule has 0 N–H and O–H groups in total. The van der Waals surface area contributed by atoms with E-state index in [1.54, 1.807) is 36.4 Å². The second-order valence-corrected chi connectivity index (χ2v) is 8.12. The highest BCUT2D eigenvalue weighted by molar-refractivity contribution is 7.87. The van der Waals surface area contributed by atoms with Gasteiger partial charge in [0, 0.05) is 0 Å². The van der Waals surface area contributed by atoms with Gasteiger partial charge in [-0.1, -0.05) is 36.4 Å². The number of unbranched alkanes of at least 4 members (excludes halogenated alkanes) is 1. The highest BCUT2D eigenvalue weighted by atomic mass is 32.2. The first-order valence-corrected chi connectivity index (χ1v) is 10.1. The zero-order valence-electron chi connectivity index (χ0n) is 12.9. The Morgan fingerprint density at radius 3 is 1.25 bits per heavy atom. The molecule has 8 heteroatoms. The smallest absolute Gasteiger partial charge is 0.266 e. The van der Waals surface area contributed by atoms with Crippen molar-refractivity contribution >= 4 is 20.2 Å². The Kier molecular flexibility index (Phi) is 6.50. The minimum Gasteiger partial charge on any atom is -0.266 e. The van der Waals surface area contributed by atoms with Gasteiger partial charge in [-0.15, -0.1) is 0 Å². The van der Waals surface area contributed by atoms with Crippen molar-refractivity contribution in [2.75, 3.05) is 13.2 Å². The number of benzene rings is 2. The van der Waals surface area contributed by atoms with Crippen molar-refractivity contribution in [1.29, 1.82) is 0 Å². The van der Waals surface area contributed by atoms with Crippen molar-refractivity contribution in [1.82, 2.24) is 0 Å². The van der Waals surface area contributed by atoms with Crippen LogP contribution in [0.15, 0.2) is 70.5 Å². The Morgan fingerprint density at radius 1 is 0.583 bits per heavy atom. The van der Waals surface area contributed by atoms with Crippen molar-refractivity contribution in [2.24, 2.45) is 0 Å². The van der Waals surface area contributed by atoms with Crippen LogP contribution in [0.5, 0.6) is 0 Å². The molecule has 2 aromatic carbocycles. The first-order chi connectivity index (χ1) is 11.4. The van der Waals surface area contributed by atoms with Gasteiger partial charge in [0.2, 0.25) is 0 Å². The highest BCUT2D eigenvalue weighted by Gasteiger charge is 2.15. The third kappa shape index (κ3) is 5.41. The molecule has 0 unspecified atom stereocenters. The van der Waals surface area contributed by atoms with E-state index in [1.165, 1.54) is 24.3 Å². The molecule has 0 saturated heterocycles. The van der Waals surface area contributed by atoms with Gasteiger partial charge in [-0.05, 0) is 37.1 Å². The summed E-state index contributed by atoms with van der Waals surface area (Å²) in [5, 5.41) is 0. The summed E-state index contributed by atoms with van der Waals surface area (Å²) in [6, 6.07) is 15.7. The first-order valence-electron chi connectivity index (χ1n) is 7.31. The molecular formula is C16H18O6S2. The molecule has 0 fully saturated rings. The minimum absolute atomic E-state index is 0.0357. The van der Waals surface area contributed by atoms with Crippen LogP contribution in [0, 0.1) is 0 Å². The Morgan fingerprint density at radius 2 is 0.917 bits per heavy atom. The lowest BCUT2D eigenvalue weighted by molar-refractivity contribution is 0.270. The Hall–Kier alpha value is -1.74. The van der Waals surface area contributed by atoms with Crippen molar-refractivity contribution in [3.63, 3.8) is 0 Å². The molecule has 24 heavy (non-hydrogen) atoms. The van der Waals surface area contributed by atoms with E-state index in [0.29, 0.717) is 12.8 Å². The topological polar surface area (TPSA) is 86.7 Å². The zero-order chi connectivity index (χ0) is 17.5. The van der Waals surface area contributed by atoms with Gasteiger partial charge >= 0.3 is 0 Å². The van der Waals surface area contributed by atoms with Crippen LogP contribution in [0.25, 0.3) is 0 Å². The summed E-state index contributed by atoms with van der Waals surface area (Å²) in [5.74, 6) is 0. The molecule has 0 bridgehead atoms. The van der Waals surface area contributed by atoms with E-state index in [0.717, 1.165) is 0 Å². The molecule has 130 valence electrons. The summed E-state index contributed by atoms with van der Waals surface area (Å²) < 4.78 is 57.2. The Labute approximate surface area is 142 Å². The SMILES string of the molecule is O=S(=O)(OCCCCOS(=O)(=O)c1ccccc1)c1ccccc1. The van der Waals surface area contributed by atoms with Gasteiger partial charge < -0.3 is 0 Å². The summed E-state index contributed by atoms with van der Waals surface area (Å²) in [5.41, 5.74) is 0. The van der Waals surface area contributed by atoms with Gasteiger partial charge in [0.05, 0.1) is 23.0 Å². The maximum absolute atomic E-state index is 11.9. The van der Waals surface area contributed by atoms with Gasteiger partial charge in [-0.25, -0.2) is 0 Å². The lowest BCUT2D eigenvalue weighted by atomic mass is 10.3. The summed E-state index contributed by atoms with van der Waals surface area (Å²) in [7, 11) is -7.56. The average Bonchev–Trinajstić information content (AvgIpc) is 2.59. The summed E-state index contributed by atoms with van der Waals surface area (Å²) in [6.07, 6.45) is 0.715. The standard InChI is InChI=1S/C16H18O6S2/c17-23(18,15-9-3-1-4-10-15)21-13-7-8-14-22-24(19,20)16-11-5-2-6-12-16/h1-6,9-12H,7-8,13-14H2. The second kappa shape index (κ2) is 8.39. The maximum atomic E-state index is 11.9. The largest absolute Gasteiger partial charge is 0.296 e. The van der Waals surface area contributed by atoms with Crippen molar-refractivity contribution < 1.29 is 25.2 Å². The fourth-order valence-corrected chi connectivity index (χ4v) is 3.78. The quantitative estimate of drug-likeness (QED) is 0.498. The average molecular weight is 370 g/mol. The fraction of sp³-hybridized carbons (Fsp3) is 0.250. The monoisotopic (exact) mass is 370 g/mol. The van der Waals surface area contributed by atoms with Crippen LogP contribution in [0.3, 0.4) is 0 Å². The van der Waals surface area contributed by atoms with E-state index >= 15 is 0 Å². The Bertz CT molecular complexity index is 757. The third-order valence-corrected chi connectivity index (χ3v) is 5.73. The van der Waals surface area contributed by atoms with Crippen LogP contribution in [-0.2, 0) is 28.6 Å². The predicted octanol–water partition coefficient (Wildman–Crippen LogP) is 2.58. The fourth-order valence-electron chi connectivity index (χ4n) is 1.85. The van der Waals surface area contributed by atoms with Crippen LogP contribution < -0.4 is 0 Å². The summed E-state index contributed by atoms with van der Waals surface area (Å²) in [6.45, 7) is -0.0715. The van der Waals surface area contributed by atoms with Gasteiger partial charge in [-0.3, -0.25) is 8.37 Å². The summed E-state index contributed by atoms with van der Waals surface area (Å²) >= 11 is 0. The molecule has 0 aliphatic heterocycles. The van der Waals surface area contributed by atoms with E-state index in [4.69, 9.17) is 8.37 Å². The molecule has 0 heterocycles. The number of hydrogen-bond acceptors (Lipinski definition) is 6. The second-order valence-electron chi connectivity index (χ2n) is 4.89. The van der Waals surface area contributed by atoms with Crippen LogP contribution >= 0.6 is 0 Å². The normalized spacial score (nSPS) is 12.2. The molecule has 0 amide bonds. The number of hydrogen-bond donors (Lipinski definition) is 0. The lowest BCUT2D eigenvalue weighted by Gasteiger charge is -2.07. The summed E-state index contributed by atoms with van der Waals surface area (Å²) in [4.78, 5) is 0.181. The van der Waals surface area contributed by atoms with Gasteiger partial charge in [-0.2, -0.15) is 16.8 Å². The molecule has 0 radical (unpaired) electrons. The molecule has 0 aromatic heterocycles. The molecule has 0 spiro atoms.